The number of likely N-dealkylation sites (N-methyl/N-ethyl adjacent to an activating group) is 1. The van der Waals surface area contributed by atoms with Crippen molar-refractivity contribution >= 4 is 0 Å². The van der Waals surface area contributed by atoms with Crippen molar-refractivity contribution in [2.24, 2.45) is 5.84 Å². The summed E-state index contributed by atoms with van der Waals surface area (Å²) in [5.74, 6) is 5.89. The minimum Gasteiger partial charge on any atom is -0.382 e. The number of aliphatic hydroxyl groups is 1. The maximum Gasteiger partial charge on any atom is 0.133 e. The van der Waals surface area contributed by atoms with Crippen LogP contribution in [0.2, 0.25) is 0 Å². The van der Waals surface area contributed by atoms with E-state index in [1.165, 1.54) is 0 Å². The van der Waals surface area contributed by atoms with E-state index in [0.29, 0.717) is 0 Å². The van der Waals surface area contributed by atoms with Crippen LogP contribution in [0.15, 0.2) is 30.3 Å². The summed E-state index contributed by atoms with van der Waals surface area (Å²) in [5, 5.41) is 10.0. The highest BCUT2D eigenvalue weighted by Gasteiger charge is 2.28. The van der Waals surface area contributed by atoms with E-state index in [-0.39, 0.29) is 10.6 Å². The maximum atomic E-state index is 10.0. The summed E-state index contributed by atoms with van der Waals surface area (Å²) in [6.45, 7) is 1.94. The first-order chi connectivity index (χ1) is 6.43. The molecule has 0 radical (unpaired) electrons. The summed E-state index contributed by atoms with van der Waals surface area (Å²) in [6, 6.07) is 9.57. The standard InChI is InChI=1S/C11H19N2O/c1-9(13(2,3)12)11(14)10-7-5-4-6-8-10/h4-9,11,14H,12H2,1-3H3/q+1/t9-,11-/m1/s1. The third-order valence-electron chi connectivity index (χ3n) is 2.65. The molecule has 0 saturated carbocycles. The van der Waals surface area contributed by atoms with Gasteiger partial charge in [-0.05, 0) is 12.5 Å². The molecule has 0 aliphatic heterocycles. The van der Waals surface area contributed by atoms with Crippen LogP contribution in [-0.4, -0.2) is 29.8 Å². The van der Waals surface area contributed by atoms with Crippen molar-refractivity contribution in [1.82, 2.24) is 0 Å². The number of benzene rings is 1. The highest BCUT2D eigenvalue weighted by Crippen LogP contribution is 2.20. The van der Waals surface area contributed by atoms with E-state index in [0.717, 1.165) is 5.56 Å². The Bertz CT molecular complexity index is 279. The molecule has 0 spiro atoms. The number of hydrogen-bond acceptors (Lipinski definition) is 2. The second-order valence-electron chi connectivity index (χ2n) is 4.23. The van der Waals surface area contributed by atoms with Crippen LogP contribution in [0, 0.1) is 0 Å². The Morgan fingerprint density at radius 2 is 1.71 bits per heavy atom. The smallest absolute Gasteiger partial charge is 0.133 e. The summed E-state index contributed by atoms with van der Waals surface area (Å²) in [6.07, 6.45) is -0.517. The highest BCUT2D eigenvalue weighted by atomic mass is 16.3. The SMILES string of the molecule is C[C@H]([C@@H](O)c1ccccc1)[N+](C)(C)N. The van der Waals surface area contributed by atoms with Gasteiger partial charge < -0.3 is 5.11 Å². The lowest BCUT2D eigenvalue weighted by Crippen LogP contribution is -2.55. The van der Waals surface area contributed by atoms with Crippen LogP contribution in [-0.2, 0) is 0 Å². The summed E-state index contributed by atoms with van der Waals surface area (Å²) in [4.78, 5) is 0. The highest BCUT2D eigenvalue weighted by molar-refractivity contribution is 5.17. The Morgan fingerprint density at radius 3 is 2.14 bits per heavy atom. The fourth-order valence-corrected chi connectivity index (χ4v) is 1.29. The van der Waals surface area contributed by atoms with Gasteiger partial charge in [-0.15, -0.1) is 0 Å². The second kappa shape index (κ2) is 4.09. The normalized spacial score (nSPS) is 16.4. The van der Waals surface area contributed by atoms with Crippen LogP contribution < -0.4 is 5.84 Å². The molecule has 0 aliphatic carbocycles. The van der Waals surface area contributed by atoms with Crippen LogP contribution in [0.4, 0.5) is 0 Å². The van der Waals surface area contributed by atoms with E-state index in [1.807, 2.05) is 51.4 Å². The van der Waals surface area contributed by atoms with E-state index in [1.54, 1.807) is 0 Å². The molecule has 0 saturated heterocycles. The van der Waals surface area contributed by atoms with Gasteiger partial charge in [-0.25, -0.2) is 4.59 Å². The minimum atomic E-state index is -0.517. The molecule has 0 unspecified atom stereocenters. The van der Waals surface area contributed by atoms with Gasteiger partial charge in [-0.3, -0.25) is 0 Å². The molecule has 0 bridgehead atoms. The monoisotopic (exact) mass is 195 g/mol. The van der Waals surface area contributed by atoms with Gasteiger partial charge in [0.1, 0.15) is 12.1 Å². The third-order valence-corrected chi connectivity index (χ3v) is 2.65. The molecule has 1 aromatic rings. The van der Waals surface area contributed by atoms with Gasteiger partial charge in [0.15, 0.2) is 0 Å². The van der Waals surface area contributed by atoms with Gasteiger partial charge in [-0.1, -0.05) is 30.3 Å². The molecule has 3 N–H and O–H groups in total. The molecule has 0 aliphatic rings. The molecule has 3 heteroatoms. The van der Waals surface area contributed by atoms with Crippen molar-refractivity contribution in [2.75, 3.05) is 14.1 Å². The van der Waals surface area contributed by atoms with Crippen molar-refractivity contribution < 1.29 is 9.70 Å². The zero-order valence-electron chi connectivity index (χ0n) is 9.01. The zero-order valence-corrected chi connectivity index (χ0v) is 9.01. The predicted molar refractivity (Wildman–Crippen MR) is 57.2 cm³/mol. The fraction of sp³-hybridized carbons (Fsp3) is 0.455. The Hall–Kier alpha value is -0.900. The Morgan fingerprint density at radius 1 is 1.21 bits per heavy atom. The van der Waals surface area contributed by atoms with Crippen molar-refractivity contribution in [3.8, 4) is 0 Å². The minimum absolute atomic E-state index is 0.0302. The van der Waals surface area contributed by atoms with Gasteiger partial charge in [0.05, 0.1) is 14.1 Å². The summed E-state index contributed by atoms with van der Waals surface area (Å²) >= 11 is 0. The van der Waals surface area contributed by atoms with Crippen LogP contribution in [0.3, 0.4) is 0 Å². The van der Waals surface area contributed by atoms with Crippen LogP contribution >= 0.6 is 0 Å². The Labute approximate surface area is 85.3 Å². The molecule has 0 heterocycles. The van der Waals surface area contributed by atoms with E-state index < -0.39 is 6.10 Å². The van der Waals surface area contributed by atoms with E-state index in [2.05, 4.69) is 0 Å². The maximum absolute atomic E-state index is 10.0. The average Bonchev–Trinajstić information content (AvgIpc) is 2.15. The van der Waals surface area contributed by atoms with Crippen LogP contribution in [0.5, 0.6) is 0 Å². The van der Waals surface area contributed by atoms with Gasteiger partial charge in [0.25, 0.3) is 0 Å². The first-order valence-corrected chi connectivity index (χ1v) is 4.78. The lowest BCUT2D eigenvalue weighted by atomic mass is 10.0. The fourth-order valence-electron chi connectivity index (χ4n) is 1.29. The van der Waals surface area contributed by atoms with Gasteiger partial charge in [0.2, 0.25) is 0 Å². The Kier molecular flexibility index (Phi) is 3.26. The molecule has 14 heavy (non-hydrogen) atoms. The molecule has 0 fully saturated rings. The molecular formula is C11H19N2O+. The van der Waals surface area contributed by atoms with Crippen LogP contribution in [0.1, 0.15) is 18.6 Å². The quantitative estimate of drug-likeness (QED) is 0.430. The van der Waals surface area contributed by atoms with Crippen molar-refractivity contribution in [3.05, 3.63) is 35.9 Å². The zero-order chi connectivity index (χ0) is 10.8. The topological polar surface area (TPSA) is 46.2 Å². The first-order valence-electron chi connectivity index (χ1n) is 4.78. The van der Waals surface area contributed by atoms with Gasteiger partial charge in [-0.2, -0.15) is 5.84 Å². The van der Waals surface area contributed by atoms with E-state index in [9.17, 15) is 5.11 Å². The number of nitrogens with two attached hydrogens (primary N) is 1. The molecule has 78 valence electrons. The van der Waals surface area contributed by atoms with Gasteiger partial charge in [0, 0.05) is 0 Å². The van der Waals surface area contributed by atoms with Crippen molar-refractivity contribution in [2.45, 2.75) is 19.1 Å². The molecule has 2 atom stereocenters. The summed E-state index contributed by atoms with van der Waals surface area (Å²) in [7, 11) is 3.74. The number of quaternary nitrogens is 1. The largest absolute Gasteiger partial charge is 0.382 e. The molecule has 0 aromatic heterocycles. The second-order valence-corrected chi connectivity index (χ2v) is 4.23. The van der Waals surface area contributed by atoms with Gasteiger partial charge >= 0.3 is 0 Å². The molecule has 1 aromatic carbocycles. The van der Waals surface area contributed by atoms with E-state index in [4.69, 9.17) is 5.84 Å². The summed E-state index contributed by atoms with van der Waals surface area (Å²) in [5.41, 5.74) is 0.914. The lowest BCUT2D eigenvalue weighted by molar-refractivity contribution is -0.929. The molecule has 3 nitrogen and oxygen atoms in total. The van der Waals surface area contributed by atoms with E-state index >= 15 is 0 Å². The van der Waals surface area contributed by atoms with Crippen molar-refractivity contribution in [1.29, 1.82) is 0 Å². The summed E-state index contributed by atoms with van der Waals surface area (Å²) < 4.78 is 0.260. The molecular weight excluding hydrogens is 176 g/mol. The number of aliphatic hydroxyl groups excluding tert-OH is 1. The average molecular weight is 195 g/mol. The number of rotatable bonds is 3. The Balaban J connectivity index is 2.81. The lowest BCUT2D eigenvalue weighted by Gasteiger charge is -2.33. The number of hydrogen-bond donors (Lipinski definition) is 2. The number of nitrogens with zero attached hydrogens (tertiary/aromatic N) is 1. The third kappa shape index (κ3) is 2.54. The first kappa shape index (κ1) is 11.2. The van der Waals surface area contributed by atoms with Crippen LogP contribution in [0.25, 0.3) is 0 Å². The molecule has 1 rings (SSSR count). The molecule has 0 amide bonds. The van der Waals surface area contributed by atoms with Crippen molar-refractivity contribution in [3.63, 3.8) is 0 Å². The predicted octanol–water partition coefficient (Wildman–Crippen LogP) is 1.06.